The normalized spacial score (nSPS) is 17.5. The highest BCUT2D eigenvalue weighted by molar-refractivity contribution is 6.09. The summed E-state index contributed by atoms with van der Waals surface area (Å²) in [7, 11) is 2.14. The number of carbonyl (C=O) groups excluding carboxylic acids is 1. The summed E-state index contributed by atoms with van der Waals surface area (Å²) in [5.74, 6) is -0.786. The highest BCUT2D eigenvalue weighted by Gasteiger charge is 2.23. The number of H-pyrrole nitrogens is 1. The minimum atomic E-state index is -0.607. The van der Waals surface area contributed by atoms with Gasteiger partial charge >= 0.3 is 0 Å². The quantitative estimate of drug-likeness (QED) is 0.285. The third-order valence-electron chi connectivity index (χ3n) is 8.76. The van der Waals surface area contributed by atoms with Gasteiger partial charge in [0, 0.05) is 68.0 Å². The Bertz CT molecular complexity index is 1550. The lowest BCUT2D eigenvalue weighted by Gasteiger charge is -2.34. The van der Waals surface area contributed by atoms with Gasteiger partial charge in [-0.25, -0.2) is 8.78 Å². The van der Waals surface area contributed by atoms with Gasteiger partial charge in [-0.3, -0.25) is 9.89 Å². The molecule has 2 aliphatic rings. The van der Waals surface area contributed by atoms with Gasteiger partial charge < -0.3 is 19.9 Å². The second-order valence-corrected chi connectivity index (χ2v) is 11.6. The van der Waals surface area contributed by atoms with Crippen molar-refractivity contribution >= 4 is 28.3 Å². The molecule has 2 saturated heterocycles. The van der Waals surface area contributed by atoms with Gasteiger partial charge in [0.15, 0.2) is 5.82 Å². The van der Waals surface area contributed by atoms with Crippen molar-refractivity contribution in [2.75, 3.05) is 56.7 Å². The predicted molar refractivity (Wildman–Crippen MR) is 161 cm³/mol. The van der Waals surface area contributed by atoms with Crippen LogP contribution in [0.25, 0.3) is 10.9 Å². The van der Waals surface area contributed by atoms with Crippen molar-refractivity contribution in [1.29, 1.82) is 0 Å². The van der Waals surface area contributed by atoms with Crippen LogP contribution in [0.5, 0.6) is 0 Å². The summed E-state index contributed by atoms with van der Waals surface area (Å²) < 4.78 is 33.4. The summed E-state index contributed by atoms with van der Waals surface area (Å²) in [6, 6.07) is 15.5. The van der Waals surface area contributed by atoms with Gasteiger partial charge in [-0.1, -0.05) is 13.0 Å². The number of nitrogens with one attached hydrogen (secondary N) is 2. The summed E-state index contributed by atoms with van der Waals surface area (Å²) in [4.78, 5) is 18.5. The number of fused-ring (bicyclic) bond motifs is 1. The molecule has 6 rings (SSSR count). The van der Waals surface area contributed by atoms with Crippen LogP contribution in [0.2, 0.25) is 0 Å². The van der Waals surface area contributed by atoms with Crippen molar-refractivity contribution in [2.45, 2.75) is 32.1 Å². The topological polar surface area (TPSA) is 73.5 Å². The molecular formula is C33H37F2N5O2. The number of nitrogens with zero attached hydrogens (tertiary/aromatic N) is 3. The Labute approximate surface area is 244 Å². The van der Waals surface area contributed by atoms with Crippen LogP contribution >= 0.6 is 0 Å². The zero-order valence-corrected chi connectivity index (χ0v) is 24.1. The molecule has 1 atom stereocenters. The van der Waals surface area contributed by atoms with Crippen molar-refractivity contribution < 1.29 is 18.3 Å². The third-order valence-corrected chi connectivity index (χ3v) is 8.76. The number of hydrogen-bond acceptors (Lipinski definition) is 5. The number of rotatable bonds is 7. The van der Waals surface area contributed by atoms with Gasteiger partial charge in [-0.05, 0) is 91.4 Å². The minimum absolute atomic E-state index is 0.207. The number of piperazine rings is 1. The monoisotopic (exact) mass is 573 g/mol. The fraction of sp³-hybridized carbons (Fsp3) is 0.394. The van der Waals surface area contributed by atoms with E-state index in [-0.39, 0.29) is 11.8 Å². The lowest BCUT2D eigenvalue weighted by atomic mass is 9.89. The number of benzene rings is 3. The van der Waals surface area contributed by atoms with E-state index >= 15 is 0 Å². The number of likely N-dealkylation sites (N-methyl/N-ethyl adjacent to an activating group) is 1. The van der Waals surface area contributed by atoms with Gasteiger partial charge in [-0.2, -0.15) is 5.10 Å². The molecule has 0 spiro atoms. The van der Waals surface area contributed by atoms with E-state index in [2.05, 4.69) is 38.4 Å². The Morgan fingerprint density at radius 2 is 1.74 bits per heavy atom. The van der Waals surface area contributed by atoms with E-state index in [1.54, 1.807) is 0 Å². The smallest absolute Gasteiger partial charge is 0.257 e. The highest BCUT2D eigenvalue weighted by atomic mass is 19.1. The zero-order valence-electron chi connectivity index (χ0n) is 24.1. The molecule has 0 bridgehead atoms. The molecule has 1 aromatic heterocycles. The Morgan fingerprint density at radius 3 is 2.48 bits per heavy atom. The van der Waals surface area contributed by atoms with E-state index in [1.165, 1.54) is 12.1 Å². The molecule has 0 radical (unpaired) electrons. The first-order valence-corrected chi connectivity index (χ1v) is 14.7. The molecule has 9 heteroatoms. The Hall–Kier alpha value is -3.82. The van der Waals surface area contributed by atoms with Crippen LogP contribution in [0.3, 0.4) is 0 Å². The Morgan fingerprint density at radius 1 is 1.00 bits per heavy atom. The maximum atomic E-state index is 13.9. The van der Waals surface area contributed by atoms with E-state index in [9.17, 15) is 13.6 Å². The molecule has 7 nitrogen and oxygen atoms in total. The minimum Gasteiger partial charge on any atom is -0.381 e. The molecule has 3 heterocycles. The lowest BCUT2D eigenvalue weighted by Crippen LogP contribution is -2.44. The van der Waals surface area contributed by atoms with Crippen LogP contribution in [0.4, 0.5) is 20.3 Å². The van der Waals surface area contributed by atoms with Crippen LogP contribution in [-0.2, 0) is 11.2 Å². The average molecular weight is 574 g/mol. The SMILES string of the molecule is CC(c1cc(F)cc(F)c1)c1ccc2[nH]nc(NC(=O)c3ccc(N4CCN(C)CC4)cc3CC3CCOCC3)c2c1. The number of carbonyl (C=O) groups is 1. The Kier molecular flexibility index (Phi) is 8.22. The molecule has 1 unspecified atom stereocenters. The molecule has 2 aliphatic heterocycles. The van der Waals surface area contributed by atoms with Crippen LogP contribution < -0.4 is 10.2 Å². The van der Waals surface area contributed by atoms with E-state index in [0.29, 0.717) is 22.9 Å². The summed E-state index contributed by atoms with van der Waals surface area (Å²) >= 11 is 0. The van der Waals surface area contributed by atoms with Gasteiger partial charge in [0.25, 0.3) is 5.91 Å². The number of amides is 1. The number of ether oxygens (including phenoxy) is 1. The van der Waals surface area contributed by atoms with Crippen LogP contribution in [-0.4, -0.2) is 67.4 Å². The first-order chi connectivity index (χ1) is 20.3. The second kappa shape index (κ2) is 12.2. The standard InChI is InChI=1S/C33H37F2N5O2/c1-21(24-16-26(34)20-27(35)17-24)23-3-6-31-30(19-23)32(38-37-31)36-33(41)29-5-4-28(40-11-9-39(2)10-12-40)18-25(29)15-22-7-13-42-14-8-22/h3-6,16-22H,7-15H2,1-2H3,(H2,36,37,38,41). The fourth-order valence-electron chi connectivity index (χ4n) is 6.08. The fourth-order valence-corrected chi connectivity index (χ4v) is 6.08. The summed E-state index contributed by atoms with van der Waals surface area (Å²) in [6.07, 6.45) is 2.79. The molecule has 2 fully saturated rings. The maximum absolute atomic E-state index is 13.9. The summed E-state index contributed by atoms with van der Waals surface area (Å²) in [5.41, 5.74) is 5.01. The van der Waals surface area contributed by atoms with Crippen molar-refractivity contribution in [3.8, 4) is 0 Å². The molecule has 220 valence electrons. The second-order valence-electron chi connectivity index (χ2n) is 11.6. The van der Waals surface area contributed by atoms with Crippen LogP contribution in [0.1, 0.15) is 52.7 Å². The van der Waals surface area contributed by atoms with Gasteiger partial charge in [0.05, 0.1) is 5.52 Å². The van der Waals surface area contributed by atoms with Crippen LogP contribution in [0.15, 0.2) is 54.6 Å². The van der Waals surface area contributed by atoms with Crippen molar-refractivity contribution in [3.05, 3.63) is 88.5 Å². The maximum Gasteiger partial charge on any atom is 0.257 e. The molecule has 42 heavy (non-hydrogen) atoms. The Balaban J connectivity index is 1.27. The van der Waals surface area contributed by atoms with Gasteiger partial charge in [0.1, 0.15) is 11.6 Å². The summed E-state index contributed by atoms with van der Waals surface area (Å²) in [6.45, 7) is 7.36. The van der Waals surface area contributed by atoms with Crippen molar-refractivity contribution in [2.24, 2.45) is 5.92 Å². The number of anilines is 2. The van der Waals surface area contributed by atoms with E-state index < -0.39 is 11.6 Å². The van der Waals surface area contributed by atoms with Crippen molar-refractivity contribution in [1.82, 2.24) is 15.1 Å². The number of halogens is 2. The van der Waals surface area contributed by atoms with Gasteiger partial charge in [0.2, 0.25) is 0 Å². The molecule has 3 aromatic carbocycles. The predicted octanol–water partition coefficient (Wildman–Crippen LogP) is 5.97. The number of aromatic amines is 1. The largest absolute Gasteiger partial charge is 0.381 e. The first kappa shape index (κ1) is 28.3. The molecular weight excluding hydrogens is 536 g/mol. The number of hydrogen-bond donors (Lipinski definition) is 2. The lowest BCUT2D eigenvalue weighted by molar-refractivity contribution is 0.0664. The zero-order chi connectivity index (χ0) is 29.2. The van der Waals surface area contributed by atoms with Gasteiger partial charge in [-0.15, -0.1) is 0 Å². The van der Waals surface area contributed by atoms with E-state index in [4.69, 9.17) is 4.74 Å². The first-order valence-electron chi connectivity index (χ1n) is 14.7. The summed E-state index contributed by atoms with van der Waals surface area (Å²) in [5, 5.41) is 11.2. The molecule has 0 aliphatic carbocycles. The molecule has 0 saturated carbocycles. The third kappa shape index (κ3) is 6.17. The number of aromatic nitrogens is 2. The molecule has 4 aromatic rings. The van der Waals surface area contributed by atoms with E-state index in [0.717, 1.165) is 92.4 Å². The van der Waals surface area contributed by atoms with E-state index in [1.807, 2.05) is 37.3 Å². The van der Waals surface area contributed by atoms with Crippen molar-refractivity contribution in [3.63, 3.8) is 0 Å². The van der Waals surface area contributed by atoms with Crippen LogP contribution in [0, 0.1) is 17.6 Å². The highest BCUT2D eigenvalue weighted by Crippen LogP contribution is 2.31. The average Bonchev–Trinajstić information content (AvgIpc) is 3.39. The molecule has 2 N–H and O–H groups in total. The molecule has 1 amide bonds.